The highest BCUT2D eigenvalue weighted by Crippen LogP contribution is 2.18. The predicted octanol–water partition coefficient (Wildman–Crippen LogP) is 1.27. The Balaban J connectivity index is 1.66. The average molecular weight is 357 g/mol. The first-order valence-corrected chi connectivity index (χ1v) is 9.25. The summed E-state index contributed by atoms with van der Waals surface area (Å²) in [6, 6.07) is 7.83. The number of nitrogens with one attached hydrogen (secondary N) is 2. The van der Waals surface area contributed by atoms with Gasteiger partial charge in [0.2, 0.25) is 11.8 Å². The highest BCUT2D eigenvalue weighted by atomic mass is 16.2. The zero-order chi connectivity index (χ0) is 18.7. The Kier molecular flexibility index (Phi) is 5.56. The Morgan fingerprint density at radius 3 is 2.88 bits per heavy atom. The number of hydrogen-bond donors (Lipinski definition) is 2. The number of hydrogen-bond acceptors (Lipinski definition) is 4. The lowest BCUT2D eigenvalue weighted by Gasteiger charge is -2.37. The molecular formula is C19H27N5O2. The fourth-order valence-corrected chi connectivity index (χ4v) is 3.56. The van der Waals surface area contributed by atoms with Crippen molar-refractivity contribution >= 4 is 22.7 Å². The lowest BCUT2D eigenvalue weighted by molar-refractivity contribution is -0.134. The summed E-state index contributed by atoms with van der Waals surface area (Å²) in [7, 11) is 0. The van der Waals surface area contributed by atoms with Gasteiger partial charge in [-0.1, -0.05) is 18.2 Å². The number of para-hydroxylation sites is 1. The maximum Gasteiger partial charge on any atom is 0.237 e. The van der Waals surface area contributed by atoms with E-state index < -0.39 is 6.04 Å². The molecule has 2 heterocycles. The SMILES string of the molecule is CCn1nc(CNC(=O)CC2C(=O)NCCN2C(C)C)c2ccccc21. The zero-order valence-electron chi connectivity index (χ0n) is 15.7. The molecule has 140 valence electrons. The summed E-state index contributed by atoms with van der Waals surface area (Å²) < 4.78 is 1.94. The van der Waals surface area contributed by atoms with Crippen LogP contribution in [0.25, 0.3) is 10.9 Å². The molecule has 7 nitrogen and oxygen atoms in total. The average Bonchev–Trinajstić information content (AvgIpc) is 2.99. The van der Waals surface area contributed by atoms with Gasteiger partial charge in [0.15, 0.2) is 0 Å². The van der Waals surface area contributed by atoms with Crippen LogP contribution in [0.15, 0.2) is 24.3 Å². The summed E-state index contributed by atoms with van der Waals surface area (Å²) in [5.74, 6) is -0.200. The van der Waals surface area contributed by atoms with Crippen molar-refractivity contribution in [1.29, 1.82) is 0 Å². The number of fused-ring (bicyclic) bond motifs is 1. The standard InChI is InChI=1S/C19H27N5O2/c1-4-24-16-8-6-5-7-14(16)15(22-24)12-21-18(25)11-17-19(26)20-9-10-23(17)13(2)3/h5-8,13,17H,4,9-12H2,1-3H3,(H,20,26)(H,21,25). The second-order valence-corrected chi connectivity index (χ2v) is 6.90. The third-order valence-electron chi connectivity index (χ3n) is 4.90. The molecule has 0 bridgehead atoms. The fourth-order valence-electron chi connectivity index (χ4n) is 3.56. The van der Waals surface area contributed by atoms with Crippen molar-refractivity contribution < 1.29 is 9.59 Å². The molecule has 0 aliphatic carbocycles. The van der Waals surface area contributed by atoms with E-state index in [-0.39, 0.29) is 24.3 Å². The summed E-state index contributed by atoms with van der Waals surface area (Å²) in [6.45, 7) is 8.69. The lowest BCUT2D eigenvalue weighted by Crippen LogP contribution is -2.58. The first-order valence-electron chi connectivity index (χ1n) is 9.25. The van der Waals surface area contributed by atoms with Crippen LogP contribution in [0, 0.1) is 0 Å². The second-order valence-electron chi connectivity index (χ2n) is 6.90. The maximum absolute atomic E-state index is 12.5. The molecule has 1 saturated heterocycles. The number of aromatic nitrogens is 2. The summed E-state index contributed by atoms with van der Waals surface area (Å²) in [5.41, 5.74) is 1.92. The quantitative estimate of drug-likeness (QED) is 0.816. The molecule has 2 amide bonds. The second kappa shape index (κ2) is 7.86. The Morgan fingerprint density at radius 1 is 1.38 bits per heavy atom. The van der Waals surface area contributed by atoms with Crippen LogP contribution in [0.1, 0.15) is 32.9 Å². The van der Waals surface area contributed by atoms with Crippen LogP contribution in [0.3, 0.4) is 0 Å². The number of piperazine rings is 1. The molecule has 1 unspecified atom stereocenters. The van der Waals surface area contributed by atoms with Crippen molar-refractivity contribution in [2.75, 3.05) is 13.1 Å². The van der Waals surface area contributed by atoms with Crippen molar-refractivity contribution in [3.8, 4) is 0 Å². The van der Waals surface area contributed by atoms with E-state index in [0.29, 0.717) is 13.1 Å². The molecule has 0 spiro atoms. The molecule has 1 aliphatic heterocycles. The molecular weight excluding hydrogens is 330 g/mol. The first kappa shape index (κ1) is 18.4. The molecule has 2 N–H and O–H groups in total. The smallest absolute Gasteiger partial charge is 0.237 e. The largest absolute Gasteiger partial charge is 0.353 e. The van der Waals surface area contributed by atoms with Crippen molar-refractivity contribution in [3.05, 3.63) is 30.0 Å². The molecule has 1 aliphatic rings. The van der Waals surface area contributed by atoms with Crippen molar-refractivity contribution in [2.24, 2.45) is 0 Å². The molecule has 0 saturated carbocycles. The van der Waals surface area contributed by atoms with Crippen LogP contribution in [0.2, 0.25) is 0 Å². The van der Waals surface area contributed by atoms with Gasteiger partial charge in [-0.05, 0) is 26.8 Å². The van der Waals surface area contributed by atoms with Gasteiger partial charge in [-0.15, -0.1) is 0 Å². The van der Waals surface area contributed by atoms with Gasteiger partial charge in [-0.25, -0.2) is 0 Å². The lowest BCUT2D eigenvalue weighted by atomic mass is 10.1. The number of aryl methyl sites for hydroxylation is 1. The number of amides is 2. The Morgan fingerprint density at radius 2 is 2.15 bits per heavy atom. The third kappa shape index (κ3) is 3.72. The number of nitrogens with zero attached hydrogens (tertiary/aromatic N) is 3. The molecule has 0 radical (unpaired) electrons. The number of carbonyl (C=O) groups is 2. The van der Waals surface area contributed by atoms with Crippen LogP contribution in [0.5, 0.6) is 0 Å². The van der Waals surface area contributed by atoms with Gasteiger partial charge in [0.05, 0.1) is 30.2 Å². The van der Waals surface area contributed by atoms with E-state index in [4.69, 9.17) is 0 Å². The van der Waals surface area contributed by atoms with E-state index in [1.807, 2.05) is 49.7 Å². The van der Waals surface area contributed by atoms with Crippen LogP contribution in [-0.4, -0.2) is 51.7 Å². The molecule has 1 aromatic carbocycles. The highest BCUT2D eigenvalue weighted by Gasteiger charge is 2.32. The van der Waals surface area contributed by atoms with Gasteiger partial charge in [0.25, 0.3) is 0 Å². The first-order chi connectivity index (χ1) is 12.5. The summed E-state index contributed by atoms with van der Waals surface area (Å²) in [4.78, 5) is 26.7. The van der Waals surface area contributed by atoms with Gasteiger partial charge in [0, 0.05) is 31.1 Å². The van der Waals surface area contributed by atoms with Crippen LogP contribution >= 0.6 is 0 Å². The monoisotopic (exact) mass is 357 g/mol. The van der Waals surface area contributed by atoms with E-state index >= 15 is 0 Å². The minimum Gasteiger partial charge on any atom is -0.353 e. The van der Waals surface area contributed by atoms with Crippen molar-refractivity contribution in [2.45, 2.75) is 52.4 Å². The summed E-state index contributed by atoms with van der Waals surface area (Å²) >= 11 is 0. The Bertz CT molecular complexity index is 798. The van der Waals surface area contributed by atoms with Gasteiger partial charge in [0.1, 0.15) is 0 Å². The number of carbonyl (C=O) groups excluding carboxylic acids is 2. The summed E-state index contributed by atoms with van der Waals surface area (Å²) in [6.07, 6.45) is 0.163. The molecule has 7 heteroatoms. The van der Waals surface area contributed by atoms with Gasteiger partial charge in [-0.2, -0.15) is 5.10 Å². The zero-order valence-corrected chi connectivity index (χ0v) is 15.7. The highest BCUT2D eigenvalue weighted by molar-refractivity contribution is 5.89. The van der Waals surface area contributed by atoms with Crippen molar-refractivity contribution in [3.63, 3.8) is 0 Å². The molecule has 1 aromatic heterocycles. The maximum atomic E-state index is 12.5. The molecule has 1 atom stereocenters. The Hall–Kier alpha value is -2.41. The normalized spacial score (nSPS) is 18.3. The van der Waals surface area contributed by atoms with Crippen LogP contribution in [-0.2, 0) is 22.7 Å². The van der Waals surface area contributed by atoms with Crippen LogP contribution in [0.4, 0.5) is 0 Å². The van der Waals surface area contributed by atoms with Gasteiger partial charge < -0.3 is 10.6 Å². The Labute approximate surface area is 153 Å². The van der Waals surface area contributed by atoms with E-state index in [1.165, 1.54) is 0 Å². The van der Waals surface area contributed by atoms with E-state index in [1.54, 1.807) is 0 Å². The minimum atomic E-state index is -0.409. The van der Waals surface area contributed by atoms with Gasteiger partial charge >= 0.3 is 0 Å². The minimum absolute atomic E-state index is 0.0687. The van der Waals surface area contributed by atoms with E-state index in [9.17, 15) is 9.59 Å². The fraction of sp³-hybridized carbons (Fsp3) is 0.526. The van der Waals surface area contributed by atoms with Gasteiger partial charge in [-0.3, -0.25) is 19.2 Å². The molecule has 2 aromatic rings. The molecule has 3 rings (SSSR count). The third-order valence-corrected chi connectivity index (χ3v) is 4.90. The number of benzene rings is 1. The van der Waals surface area contributed by atoms with Crippen molar-refractivity contribution in [1.82, 2.24) is 25.3 Å². The predicted molar refractivity (Wildman–Crippen MR) is 101 cm³/mol. The van der Waals surface area contributed by atoms with E-state index in [2.05, 4.69) is 20.6 Å². The topological polar surface area (TPSA) is 79.3 Å². The molecule has 26 heavy (non-hydrogen) atoms. The summed E-state index contributed by atoms with van der Waals surface area (Å²) in [5, 5.41) is 11.4. The van der Waals surface area contributed by atoms with Crippen LogP contribution < -0.4 is 10.6 Å². The molecule has 1 fully saturated rings. The number of rotatable bonds is 6. The van der Waals surface area contributed by atoms with E-state index in [0.717, 1.165) is 29.7 Å².